The summed E-state index contributed by atoms with van der Waals surface area (Å²) in [5.74, 6) is 1.36. The minimum absolute atomic E-state index is 0.0205. The number of methoxy groups -OCH3 is 1. The second-order valence-electron chi connectivity index (χ2n) is 6.17. The molecule has 1 fully saturated rings. The largest absolute Gasteiger partial charge is 0.493 e. The molecular weight excluding hydrogens is 302 g/mol. The molecule has 0 aliphatic heterocycles. The van der Waals surface area contributed by atoms with Crippen molar-refractivity contribution in [3.05, 3.63) is 60.2 Å². The number of benzene rings is 2. The Balaban J connectivity index is 1.44. The number of carbonyl (C=O) groups excluding carboxylic acids is 1. The molecule has 3 rings (SSSR count). The summed E-state index contributed by atoms with van der Waals surface area (Å²) in [4.78, 5) is 12.1. The monoisotopic (exact) mass is 325 g/mol. The van der Waals surface area contributed by atoms with Crippen molar-refractivity contribution in [1.29, 1.82) is 0 Å². The van der Waals surface area contributed by atoms with Gasteiger partial charge < -0.3 is 14.8 Å². The van der Waals surface area contributed by atoms with Gasteiger partial charge in [0.1, 0.15) is 0 Å². The van der Waals surface area contributed by atoms with E-state index in [0.29, 0.717) is 31.1 Å². The molecule has 126 valence electrons. The van der Waals surface area contributed by atoms with Crippen molar-refractivity contribution in [1.82, 2.24) is 5.32 Å². The third kappa shape index (κ3) is 3.88. The average molecular weight is 325 g/mol. The van der Waals surface area contributed by atoms with E-state index in [-0.39, 0.29) is 11.3 Å². The van der Waals surface area contributed by atoms with E-state index in [1.54, 1.807) is 7.11 Å². The maximum Gasteiger partial charge on any atom is 0.223 e. The van der Waals surface area contributed by atoms with Crippen molar-refractivity contribution in [3.8, 4) is 11.5 Å². The molecule has 2 aromatic carbocycles. The Hall–Kier alpha value is -2.49. The molecule has 1 aliphatic rings. The van der Waals surface area contributed by atoms with Crippen LogP contribution in [0.1, 0.15) is 24.8 Å². The van der Waals surface area contributed by atoms with Gasteiger partial charge in [-0.3, -0.25) is 4.79 Å². The lowest BCUT2D eigenvalue weighted by atomic mass is 9.96. The van der Waals surface area contributed by atoms with Crippen LogP contribution in [0.2, 0.25) is 0 Å². The summed E-state index contributed by atoms with van der Waals surface area (Å²) in [6, 6.07) is 17.9. The normalized spacial score (nSPS) is 14.7. The lowest BCUT2D eigenvalue weighted by Crippen LogP contribution is -2.33. The minimum atomic E-state index is 0.0205. The first-order chi connectivity index (χ1) is 11.7. The number of rotatable bonds is 8. The Morgan fingerprint density at radius 2 is 1.71 bits per heavy atom. The lowest BCUT2D eigenvalue weighted by molar-refractivity contribution is -0.121. The fourth-order valence-electron chi connectivity index (χ4n) is 2.86. The van der Waals surface area contributed by atoms with Crippen LogP contribution >= 0.6 is 0 Å². The number of hydrogen-bond donors (Lipinski definition) is 1. The first kappa shape index (κ1) is 16.4. The zero-order valence-corrected chi connectivity index (χ0v) is 14.0. The van der Waals surface area contributed by atoms with E-state index in [9.17, 15) is 4.79 Å². The molecule has 0 radical (unpaired) electrons. The Labute approximate surface area is 142 Å². The van der Waals surface area contributed by atoms with Crippen molar-refractivity contribution >= 4 is 5.91 Å². The van der Waals surface area contributed by atoms with E-state index in [2.05, 4.69) is 29.6 Å². The fraction of sp³-hybridized carbons (Fsp3) is 0.350. The third-order valence-corrected chi connectivity index (χ3v) is 4.52. The summed E-state index contributed by atoms with van der Waals surface area (Å²) in [6.45, 7) is 1.04. The van der Waals surface area contributed by atoms with Crippen LogP contribution in [0.25, 0.3) is 0 Å². The van der Waals surface area contributed by atoms with Gasteiger partial charge in [0.2, 0.25) is 5.91 Å². The van der Waals surface area contributed by atoms with Crippen LogP contribution in [0.3, 0.4) is 0 Å². The molecule has 4 heteroatoms. The first-order valence-corrected chi connectivity index (χ1v) is 8.32. The Morgan fingerprint density at radius 1 is 1.04 bits per heavy atom. The minimum Gasteiger partial charge on any atom is -0.493 e. The molecule has 0 atom stereocenters. The summed E-state index contributed by atoms with van der Waals surface area (Å²) in [7, 11) is 1.60. The van der Waals surface area contributed by atoms with Gasteiger partial charge in [-0.25, -0.2) is 0 Å². The summed E-state index contributed by atoms with van der Waals surface area (Å²) < 4.78 is 10.9. The van der Waals surface area contributed by atoms with Gasteiger partial charge in [0.25, 0.3) is 0 Å². The summed E-state index contributed by atoms with van der Waals surface area (Å²) >= 11 is 0. The van der Waals surface area contributed by atoms with Gasteiger partial charge in [-0.2, -0.15) is 0 Å². The van der Waals surface area contributed by atoms with Gasteiger partial charge >= 0.3 is 0 Å². The van der Waals surface area contributed by atoms with E-state index in [0.717, 1.165) is 12.8 Å². The molecule has 0 bridgehead atoms. The van der Waals surface area contributed by atoms with Crippen LogP contribution < -0.4 is 14.8 Å². The standard InChI is InChI=1S/C20H23NO3/c1-23-17-9-5-6-10-18(17)24-14-11-19(22)21-15-20(12-13-20)16-7-3-2-4-8-16/h2-10H,11-15H2,1H3,(H,21,22). The Bertz CT molecular complexity index is 680. The molecule has 0 spiro atoms. The Morgan fingerprint density at radius 3 is 2.38 bits per heavy atom. The molecule has 2 aromatic rings. The van der Waals surface area contributed by atoms with Gasteiger partial charge in [0, 0.05) is 12.0 Å². The molecular formula is C20H23NO3. The molecule has 0 saturated heterocycles. The quantitative estimate of drug-likeness (QED) is 0.810. The van der Waals surface area contributed by atoms with Crippen LogP contribution in [0, 0.1) is 0 Å². The number of nitrogens with one attached hydrogen (secondary N) is 1. The fourth-order valence-corrected chi connectivity index (χ4v) is 2.86. The highest BCUT2D eigenvalue weighted by Gasteiger charge is 2.44. The van der Waals surface area contributed by atoms with Crippen molar-refractivity contribution in [3.63, 3.8) is 0 Å². The average Bonchev–Trinajstić information content (AvgIpc) is 3.42. The molecule has 0 heterocycles. The highest BCUT2D eigenvalue weighted by molar-refractivity contribution is 5.76. The number of para-hydroxylation sites is 2. The molecule has 0 aromatic heterocycles. The Kier molecular flexibility index (Phi) is 5.04. The second-order valence-corrected chi connectivity index (χ2v) is 6.17. The topological polar surface area (TPSA) is 47.6 Å². The molecule has 1 aliphatic carbocycles. The predicted molar refractivity (Wildman–Crippen MR) is 93.5 cm³/mol. The van der Waals surface area contributed by atoms with Gasteiger partial charge in [-0.1, -0.05) is 42.5 Å². The summed E-state index contributed by atoms with van der Waals surface area (Å²) in [5, 5.41) is 3.05. The van der Waals surface area contributed by atoms with Crippen LogP contribution in [-0.4, -0.2) is 26.2 Å². The van der Waals surface area contributed by atoms with Gasteiger partial charge in [-0.05, 0) is 30.5 Å². The first-order valence-electron chi connectivity index (χ1n) is 8.32. The van der Waals surface area contributed by atoms with Crippen molar-refractivity contribution in [2.45, 2.75) is 24.7 Å². The predicted octanol–water partition coefficient (Wildman–Crippen LogP) is 3.31. The van der Waals surface area contributed by atoms with Gasteiger partial charge in [-0.15, -0.1) is 0 Å². The summed E-state index contributed by atoms with van der Waals surface area (Å²) in [6.07, 6.45) is 2.60. The molecule has 24 heavy (non-hydrogen) atoms. The van der Waals surface area contributed by atoms with Crippen molar-refractivity contribution in [2.75, 3.05) is 20.3 Å². The number of amides is 1. The van der Waals surface area contributed by atoms with E-state index in [4.69, 9.17) is 9.47 Å². The van der Waals surface area contributed by atoms with E-state index < -0.39 is 0 Å². The van der Waals surface area contributed by atoms with Gasteiger partial charge in [0.15, 0.2) is 11.5 Å². The molecule has 0 unspecified atom stereocenters. The number of carbonyl (C=O) groups is 1. The number of hydrogen-bond acceptors (Lipinski definition) is 3. The SMILES string of the molecule is COc1ccccc1OCCC(=O)NCC1(c2ccccc2)CC1. The van der Waals surface area contributed by atoms with Crippen LogP contribution in [0.15, 0.2) is 54.6 Å². The molecule has 1 amide bonds. The molecule has 1 N–H and O–H groups in total. The second kappa shape index (κ2) is 7.39. The molecule has 1 saturated carbocycles. The third-order valence-electron chi connectivity index (χ3n) is 4.52. The smallest absolute Gasteiger partial charge is 0.223 e. The van der Waals surface area contributed by atoms with E-state index in [1.807, 2.05) is 30.3 Å². The van der Waals surface area contributed by atoms with Gasteiger partial charge in [0.05, 0.1) is 20.1 Å². The van der Waals surface area contributed by atoms with Crippen LogP contribution in [0.4, 0.5) is 0 Å². The van der Waals surface area contributed by atoms with Crippen LogP contribution in [-0.2, 0) is 10.2 Å². The summed E-state index contributed by atoms with van der Waals surface area (Å²) in [5.41, 5.74) is 1.45. The van der Waals surface area contributed by atoms with Crippen LogP contribution in [0.5, 0.6) is 11.5 Å². The molecule has 4 nitrogen and oxygen atoms in total. The highest BCUT2D eigenvalue weighted by atomic mass is 16.5. The maximum absolute atomic E-state index is 12.1. The highest BCUT2D eigenvalue weighted by Crippen LogP contribution is 2.47. The van der Waals surface area contributed by atoms with Crippen molar-refractivity contribution in [2.24, 2.45) is 0 Å². The maximum atomic E-state index is 12.1. The lowest BCUT2D eigenvalue weighted by Gasteiger charge is -2.16. The van der Waals surface area contributed by atoms with E-state index in [1.165, 1.54) is 5.56 Å². The number of ether oxygens (including phenoxy) is 2. The zero-order valence-electron chi connectivity index (χ0n) is 14.0. The zero-order chi connectivity index (χ0) is 16.8. The van der Waals surface area contributed by atoms with Crippen molar-refractivity contribution < 1.29 is 14.3 Å². The van der Waals surface area contributed by atoms with E-state index >= 15 is 0 Å².